The first kappa shape index (κ1) is 18.2. The van der Waals surface area contributed by atoms with E-state index < -0.39 is 5.91 Å². The number of hydrogen-bond acceptors (Lipinski definition) is 4. The summed E-state index contributed by atoms with van der Waals surface area (Å²) < 4.78 is 13.7. The number of rotatable bonds is 5. The number of benzene rings is 2. The van der Waals surface area contributed by atoms with E-state index in [-0.39, 0.29) is 24.0 Å². The first-order chi connectivity index (χ1) is 12.5. The number of nitrogens with zero attached hydrogens (tertiary/aromatic N) is 1. The highest BCUT2D eigenvalue weighted by atomic mass is 79.9. The Hall–Kier alpha value is -2.58. The Morgan fingerprint density at radius 3 is 2.58 bits per heavy atom. The van der Waals surface area contributed by atoms with Gasteiger partial charge >= 0.3 is 0 Å². The van der Waals surface area contributed by atoms with Gasteiger partial charge in [-0.2, -0.15) is 0 Å². The Balaban J connectivity index is 1.58. The van der Waals surface area contributed by atoms with Crippen LogP contribution in [0.5, 0.6) is 0 Å². The molecule has 2 aromatic carbocycles. The van der Waals surface area contributed by atoms with E-state index in [9.17, 15) is 14.0 Å². The highest BCUT2D eigenvalue weighted by molar-refractivity contribution is 9.10. The van der Waals surface area contributed by atoms with E-state index in [2.05, 4.69) is 31.5 Å². The van der Waals surface area contributed by atoms with Gasteiger partial charge in [-0.05, 0) is 52.3 Å². The third-order valence-electron chi connectivity index (χ3n) is 3.39. The summed E-state index contributed by atoms with van der Waals surface area (Å²) in [5, 5.41) is 7.43. The van der Waals surface area contributed by atoms with Gasteiger partial charge in [-0.25, -0.2) is 9.37 Å². The molecule has 3 rings (SSSR count). The molecule has 0 saturated carbocycles. The van der Waals surface area contributed by atoms with Crippen LogP contribution < -0.4 is 10.6 Å². The summed E-state index contributed by atoms with van der Waals surface area (Å²) in [6.45, 7) is -0.177. The van der Waals surface area contributed by atoms with Crippen molar-refractivity contribution < 1.29 is 14.0 Å². The van der Waals surface area contributed by atoms with Crippen molar-refractivity contribution in [1.82, 2.24) is 10.3 Å². The van der Waals surface area contributed by atoms with Crippen LogP contribution in [-0.2, 0) is 4.79 Å². The molecule has 132 valence electrons. The predicted molar refractivity (Wildman–Crippen MR) is 103 cm³/mol. The van der Waals surface area contributed by atoms with Crippen molar-refractivity contribution >= 4 is 44.8 Å². The molecular weight excluding hydrogens is 421 g/mol. The van der Waals surface area contributed by atoms with Crippen LogP contribution >= 0.6 is 27.3 Å². The zero-order valence-corrected chi connectivity index (χ0v) is 15.7. The summed E-state index contributed by atoms with van der Waals surface area (Å²) in [4.78, 5) is 28.3. The molecule has 0 aliphatic heterocycles. The Bertz CT molecular complexity index is 944. The van der Waals surface area contributed by atoms with Crippen molar-refractivity contribution in [2.24, 2.45) is 0 Å². The van der Waals surface area contributed by atoms with Gasteiger partial charge in [-0.15, -0.1) is 11.3 Å². The second-order valence-corrected chi connectivity index (χ2v) is 6.97. The monoisotopic (exact) mass is 433 g/mol. The van der Waals surface area contributed by atoms with Gasteiger partial charge < -0.3 is 10.6 Å². The normalized spacial score (nSPS) is 10.4. The van der Waals surface area contributed by atoms with Crippen molar-refractivity contribution in [1.29, 1.82) is 0 Å². The van der Waals surface area contributed by atoms with Gasteiger partial charge in [0.2, 0.25) is 5.91 Å². The summed E-state index contributed by atoms with van der Waals surface area (Å²) in [5.41, 5.74) is 1.56. The Labute approximate surface area is 161 Å². The number of carbonyl (C=O) groups excluding carboxylic acids is 2. The molecule has 5 nitrogen and oxygen atoms in total. The summed E-state index contributed by atoms with van der Waals surface area (Å²) >= 11 is 4.61. The second kappa shape index (κ2) is 8.20. The van der Waals surface area contributed by atoms with Gasteiger partial charge in [0.25, 0.3) is 5.91 Å². The molecule has 3 aromatic rings. The molecule has 0 aliphatic carbocycles. The minimum absolute atomic E-state index is 0.177. The van der Waals surface area contributed by atoms with Crippen molar-refractivity contribution in [3.8, 4) is 10.6 Å². The minimum Gasteiger partial charge on any atom is -0.342 e. The average molecular weight is 434 g/mol. The number of para-hydroxylation sites is 1. The van der Waals surface area contributed by atoms with E-state index in [0.717, 1.165) is 10.0 Å². The number of amides is 2. The van der Waals surface area contributed by atoms with Crippen LogP contribution in [-0.4, -0.2) is 23.3 Å². The fraction of sp³-hybridized carbons (Fsp3) is 0.0556. The van der Waals surface area contributed by atoms with Gasteiger partial charge in [0.15, 0.2) is 0 Å². The van der Waals surface area contributed by atoms with Crippen molar-refractivity contribution in [3.05, 3.63) is 69.9 Å². The second-order valence-electron chi connectivity index (χ2n) is 5.26. The topological polar surface area (TPSA) is 71.1 Å². The highest BCUT2D eigenvalue weighted by Gasteiger charge is 2.13. The van der Waals surface area contributed by atoms with Crippen LogP contribution in [0.4, 0.5) is 10.1 Å². The molecule has 1 heterocycles. The third-order valence-corrected chi connectivity index (χ3v) is 4.97. The van der Waals surface area contributed by atoms with Gasteiger partial charge in [-0.1, -0.05) is 12.1 Å². The summed E-state index contributed by atoms with van der Waals surface area (Å²) in [5.74, 6) is -1.13. The molecule has 2 N–H and O–H groups in total. The lowest BCUT2D eigenvalue weighted by Crippen LogP contribution is -2.33. The first-order valence-corrected chi connectivity index (χ1v) is 9.24. The van der Waals surface area contributed by atoms with Crippen LogP contribution in [0.25, 0.3) is 10.6 Å². The molecule has 0 bridgehead atoms. The molecule has 0 spiro atoms. The predicted octanol–water partition coefficient (Wildman–Crippen LogP) is 4.08. The lowest BCUT2D eigenvalue weighted by Gasteiger charge is -2.07. The molecule has 0 radical (unpaired) electrons. The lowest BCUT2D eigenvalue weighted by atomic mass is 10.2. The van der Waals surface area contributed by atoms with Gasteiger partial charge in [0.1, 0.15) is 16.5 Å². The van der Waals surface area contributed by atoms with E-state index in [1.807, 2.05) is 6.07 Å². The summed E-state index contributed by atoms with van der Waals surface area (Å²) in [7, 11) is 0. The van der Waals surface area contributed by atoms with Crippen LogP contribution in [0.3, 0.4) is 0 Å². The number of halogens is 2. The molecule has 0 atom stereocenters. The largest absolute Gasteiger partial charge is 0.342 e. The van der Waals surface area contributed by atoms with E-state index in [1.54, 1.807) is 35.7 Å². The summed E-state index contributed by atoms with van der Waals surface area (Å²) in [6, 6.07) is 13.1. The number of carbonyl (C=O) groups is 2. The van der Waals surface area contributed by atoms with Crippen molar-refractivity contribution in [2.45, 2.75) is 0 Å². The molecule has 8 heteroatoms. The zero-order chi connectivity index (χ0) is 18.5. The Morgan fingerprint density at radius 2 is 1.85 bits per heavy atom. The molecular formula is C18H13BrFN3O2S. The Kier molecular flexibility index (Phi) is 5.75. The molecule has 1 aromatic heterocycles. The molecule has 2 amide bonds. The van der Waals surface area contributed by atoms with Crippen LogP contribution in [0.15, 0.2) is 58.4 Å². The number of nitrogens with one attached hydrogen (secondary N) is 2. The fourth-order valence-electron chi connectivity index (χ4n) is 2.11. The molecule has 0 aliphatic rings. The van der Waals surface area contributed by atoms with Crippen LogP contribution in [0.1, 0.15) is 10.5 Å². The minimum atomic E-state index is -0.447. The van der Waals surface area contributed by atoms with Crippen molar-refractivity contribution in [2.75, 3.05) is 11.9 Å². The maximum absolute atomic E-state index is 13.0. The van der Waals surface area contributed by atoms with Crippen molar-refractivity contribution in [3.63, 3.8) is 0 Å². The average Bonchev–Trinajstić information content (AvgIpc) is 3.12. The quantitative estimate of drug-likeness (QED) is 0.636. The molecule has 0 saturated heterocycles. The molecule has 26 heavy (non-hydrogen) atoms. The molecule has 0 fully saturated rings. The number of thiazole rings is 1. The fourth-order valence-corrected chi connectivity index (χ4v) is 3.30. The van der Waals surface area contributed by atoms with E-state index in [4.69, 9.17) is 0 Å². The van der Waals surface area contributed by atoms with Crippen LogP contribution in [0.2, 0.25) is 0 Å². The SMILES string of the molecule is O=C(CNC(=O)c1csc(-c2ccc(F)cc2)n1)Nc1ccccc1Br. The van der Waals surface area contributed by atoms with E-state index in [1.165, 1.54) is 23.5 Å². The molecule has 0 unspecified atom stereocenters. The maximum atomic E-state index is 13.0. The standard InChI is InChI=1S/C18H13BrFN3O2S/c19-13-3-1-2-4-14(13)22-16(24)9-21-17(25)15-10-26-18(23-15)11-5-7-12(20)8-6-11/h1-8,10H,9H2,(H,21,25)(H,22,24). The number of aromatic nitrogens is 1. The first-order valence-electron chi connectivity index (χ1n) is 7.57. The zero-order valence-electron chi connectivity index (χ0n) is 13.3. The lowest BCUT2D eigenvalue weighted by molar-refractivity contribution is -0.115. The highest BCUT2D eigenvalue weighted by Crippen LogP contribution is 2.24. The van der Waals surface area contributed by atoms with Gasteiger partial charge in [0, 0.05) is 15.4 Å². The van der Waals surface area contributed by atoms with Gasteiger partial charge in [-0.3, -0.25) is 9.59 Å². The van der Waals surface area contributed by atoms with Gasteiger partial charge in [0.05, 0.1) is 12.2 Å². The Morgan fingerprint density at radius 1 is 1.12 bits per heavy atom. The smallest absolute Gasteiger partial charge is 0.271 e. The third kappa shape index (κ3) is 4.53. The number of anilines is 1. The van der Waals surface area contributed by atoms with E-state index >= 15 is 0 Å². The maximum Gasteiger partial charge on any atom is 0.271 e. The summed E-state index contributed by atoms with van der Waals surface area (Å²) in [6.07, 6.45) is 0. The van der Waals surface area contributed by atoms with Crippen LogP contribution in [0, 0.1) is 5.82 Å². The number of hydrogen-bond donors (Lipinski definition) is 2. The van der Waals surface area contributed by atoms with E-state index in [0.29, 0.717) is 10.7 Å².